The third-order valence-electron chi connectivity index (χ3n) is 5.48. The molecule has 0 bridgehead atoms. The summed E-state index contributed by atoms with van der Waals surface area (Å²) >= 11 is 0. The highest BCUT2D eigenvalue weighted by Gasteiger charge is 2.27. The number of carbonyl (C=O) groups is 2. The van der Waals surface area contributed by atoms with Crippen LogP contribution in [-0.4, -0.2) is 45.6 Å². The molecule has 2 heterocycles. The number of nitrogens with one attached hydrogen (secondary N) is 1. The molecule has 4 rings (SSSR count). The first-order valence-corrected chi connectivity index (χ1v) is 10.2. The first kappa shape index (κ1) is 21.6. The van der Waals surface area contributed by atoms with Crippen molar-refractivity contribution in [3.8, 4) is 11.3 Å². The minimum Gasteiger partial charge on any atom is -0.349 e. The van der Waals surface area contributed by atoms with Gasteiger partial charge in [-0.3, -0.25) is 14.3 Å². The van der Waals surface area contributed by atoms with Gasteiger partial charge in [0.15, 0.2) is 0 Å². The van der Waals surface area contributed by atoms with Crippen LogP contribution in [0.3, 0.4) is 0 Å². The Hall–Kier alpha value is -3.62. The summed E-state index contributed by atoms with van der Waals surface area (Å²) in [6, 6.07) is 8.72. The van der Waals surface area contributed by atoms with Crippen LogP contribution in [0, 0.1) is 17.5 Å². The Labute approximate surface area is 182 Å². The van der Waals surface area contributed by atoms with Gasteiger partial charge in [0.05, 0.1) is 11.1 Å². The van der Waals surface area contributed by atoms with Gasteiger partial charge in [0, 0.05) is 44.0 Å². The summed E-state index contributed by atoms with van der Waals surface area (Å²) in [5.41, 5.74) is 0.344. The second kappa shape index (κ2) is 8.86. The lowest BCUT2D eigenvalue weighted by Gasteiger charge is -2.32. The summed E-state index contributed by atoms with van der Waals surface area (Å²) in [6.45, 7) is 0.731. The number of benzene rings is 2. The van der Waals surface area contributed by atoms with E-state index in [1.807, 2.05) is 0 Å². The largest absolute Gasteiger partial charge is 0.349 e. The standard InChI is InChI=1S/C23H21F3N4O2/c1-29-13-18(21(28-29)16-7-6-14(24)12-20(16)26)22(31)27-15-8-10-30(11-9-15)23(32)17-4-2-3-5-19(17)25/h2-7,12-13,15H,8-11H2,1H3,(H,27,31). The Morgan fingerprint density at radius 3 is 2.41 bits per heavy atom. The average Bonchev–Trinajstić information content (AvgIpc) is 3.15. The van der Waals surface area contributed by atoms with Gasteiger partial charge in [-0.05, 0) is 37.1 Å². The highest BCUT2D eigenvalue weighted by molar-refractivity contribution is 6.00. The molecule has 32 heavy (non-hydrogen) atoms. The van der Waals surface area contributed by atoms with Crippen molar-refractivity contribution in [2.45, 2.75) is 18.9 Å². The molecule has 1 aliphatic rings. The SMILES string of the molecule is Cn1cc(C(=O)NC2CCN(C(=O)c3ccccc3F)CC2)c(-c2ccc(F)cc2F)n1. The lowest BCUT2D eigenvalue weighted by molar-refractivity contribution is 0.0693. The van der Waals surface area contributed by atoms with Gasteiger partial charge in [-0.2, -0.15) is 5.10 Å². The fourth-order valence-corrected chi connectivity index (χ4v) is 3.83. The molecule has 166 valence electrons. The predicted octanol–water partition coefficient (Wildman–Crippen LogP) is 3.54. The third kappa shape index (κ3) is 4.37. The summed E-state index contributed by atoms with van der Waals surface area (Å²) < 4.78 is 42.8. The molecular weight excluding hydrogens is 421 g/mol. The normalized spacial score (nSPS) is 14.4. The van der Waals surface area contributed by atoms with E-state index in [9.17, 15) is 22.8 Å². The summed E-state index contributed by atoms with van der Waals surface area (Å²) in [6.07, 6.45) is 2.46. The van der Waals surface area contributed by atoms with Crippen molar-refractivity contribution in [1.82, 2.24) is 20.0 Å². The predicted molar refractivity (Wildman–Crippen MR) is 111 cm³/mol. The maximum atomic E-state index is 14.2. The summed E-state index contributed by atoms with van der Waals surface area (Å²) in [4.78, 5) is 27.0. The smallest absolute Gasteiger partial charge is 0.256 e. The molecule has 2 amide bonds. The van der Waals surface area contributed by atoms with Crippen LogP contribution < -0.4 is 5.32 Å². The van der Waals surface area contributed by atoms with E-state index < -0.39 is 23.4 Å². The number of halogens is 3. The van der Waals surface area contributed by atoms with E-state index in [0.717, 1.165) is 12.1 Å². The van der Waals surface area contributed by atoms with Crippen molar-refractivity contribution < 1.29 is 22.8 Å². The zero-order valence-corrected chi connectivity index (χ0v) is 17.3. The van der Waals surface area contributed by atoms with E-state index in [2.05, 4.69) is 10.4 Å². The molecule has 1 aliphatic heterocycles. The van der Waals surface area contributed by atoms with E-state index in [1.165, 1.54) is 35.1 Å². The van der Waals surface area contributed by atoms with Crippen LogP contribution in [0.5, 0.6) is 0 Å². The molecule has 0 atom stereocenters. The molecule has 0 saturated carbocycles. The lowest BCUT2D eigenvalue weighted by atomic mass is 10.0. The van der Waals surface area contributed by atoms with E-state index in [0.29, 0.717) is 25.9 Å². The molecule has 1 N–H and O–H groups in total. The zero-order valence-electron chi connectivity index (χ0n) is 17.3. The van der Waals surface area contributed by atoms with Gasteiger partial charge < -0.3 is 10.2 Å². The fourth-order valence-electron chi connectivity index (χ4n) is 3.83. The summed E-state index contributed by atoms with van der Waals surface area (Å²) in [5, 5.41) is 7.07. The molecule has 2 aromatic carbocycles. The first-order chi connectivity index (χ1) is 15.3. The van der Waals surface area contributed by atoms with Crippen molar-refractivity contribution in [3.05, 3.63) is 77.2 Å². The van der Waals surface area contributed by atoms with Crippen LogP contribution in [0.4, 0.5) is 13.2 Å². The molecular formula is C23H21F3N4O2. The number of likely N-dealkylation sites (tertiary alicyclic amines) is 1. The maximum Gasteiger partial charge on any atom is 0.256 e. The highest BCUT2D eigenvalue weighted by Crippen LogP contribution is 2.26. The van der Waals surface area contributed by atoms with Crippen LogP contribution in [0.1, 0.15) is 33.6 Å². The van der Waals surface area contributed by atoms with Gasteiger partial charge >= 0.3 is 0 Å². The van der Waals surface area contributed by atoms with E-state index >= 15 is 0 Å². The highest BCUT2D eigenvalue weighted by atomic mass is 19.1. The Morgan fingerprint density at radius 2 is 1.72 bits per heavy atom. The number of rotatable bonds is 4. The Bertz CT molecular complexity index is 1170. The third-order valence-corrected chi connectivity index (χ3v) is 5.48. The van der Waals surface area contributed by atoms with Crippen molar-refractivity contribution in [3.63, 3.8) is 0 Å². The monoisotopic (exact) mass is 442 g/mol. The number of amides is 2. The van der Waals surface area contributed by atoms with Crippen molar-refractivity contribution in [1.29, 1.82) is 0 Å². The van der Waals surface area contributed by atoms with Gasteiger partial charge in [0.2, 0.25) is 0 Å². The van der Waals surface area contributed by atoms with Gasteiger partial charge in [-0.1, -0.05) is 12.1 Å². The van der Waals surface area contributed by atoms with Gasteiger partial charge in [-0.15, -0.1) is 0 Å². The molecule has 1 aromatic heterocycles. The van der Waals surface area contributed by atoms with Crippen molar-refractivity contribution in [2.75, 3.05) is 13.1 Å². The van der Waals surface area contributed by atoms with E-state index in [4.69, 9.17) is 0 Å². The minimum atomic E-state index is -0.808. The van der Waals surface area contributed by atoms with Crippen molar-refractivity contribution >= 4 is 11.8 Å². The number of carbonyl (C=O) groups excluding carboxylic acids is 2. The summed E-state index contributed by atoms with van der Waals surface area (Å²) in [7, 11) is 1.61. The van der Waals surface area contributed by atoms with Crippen LogP contribution >= 0.6 is 0 Å². The van der Waals surface area contributed by atoms with E-state index in [1.54, 1.807) is 18.0 Å². The van der Waals surface area contributed by atoms with Crippen LogP contribution in [-0.2, 0) is 7.05 Å². The van der Waals surface area contributed by atoms with E-state index in [-0.39, 0.29) is 34.3 Å². The Morgan fingerprint density at radius 1 is 1.00 bits per heavy atom. The van der Waals surface area contributed by atoms with Crippen LogP contribution in [0.15, 0.2) is 48.7 Å². The number of aryl methyl sites for hydroxylation is 1. The Balaban J connectivity index is 1.43. The van der Waals surface area contributed by atoms with Gasteiger partial charge in [0.25, 0.3) is 11.8 Å². The van der Waals surface area contributed by atoms with Crippen LogP contribution in [0.2, 0.25) is 0 Å². The molecule has 0 aliphatic carbocycles. The quantitative estimate of drug-likeness (QED) is 0.672. The van der Waals surface area contributed by atoms with Crippen LogP contribution in [0.25, 0.3) is 11.3 Å². The summed E-state index contributed by atoms with van der Waals surface area (Å²) in [5.74, 6) is -2.91. The number of nitrogens with zero attached hydrogens (tertiary/aromatic N) is 3. The molecule has 0 unspecified atom stereocenters. The maximum absolute atomic E-state index is 14.2. The zero-order chi connectivity index (χ0) is 22.8. The first-order valence-electron chi connectivity index (χ1n) is 10.2. The number of piperidine rings is 1. The number of hydrogen-bond acceptors (Lipinski definition) is 3. The minimum absolute atomic E-state index is 0.0244. The lowest BCUT2D eigenvalue weighted by Crippen LogP contribution is -2.46. The molecule has 0 radical (unpaired) electrons. The molecule has 1 fully saturated rings. The van der Waals surface area contributed by atoms with Gasteiger partial charge in [-0.25, -0.2) is 13.2 Å². The molecule has 6 nitrogen and oxygen atoms in total. The molecule has 9 heteroatoms. The topological polar surface area (TPSA) is 67.2 Å². The Kier molecular flexibility index (Phi) is 5.98. The number of aromatic nitrogens is 2. The average molecular weight is 442 g/mol. The second-order valence-corrected chi connectivity index (χ2v) is 7.71. The molecule has 0 spiro atoms. The molecule has 3 aromatic rings. The molecule has 1 saturated heterocycles. The fraction of sp³-hybridized carbons (Fsp3) is 0.261. The van der Waals surface area contributed by atoms with Gasteiger partial charge in [0.1, 0.15) is 23.1 Å². The van der Waals surface area contributed by atoms with Crippen molar-refractivity contribution in [2.24, 2.45) is 7.05 Å². The second-order valence-electron chi connectivity index (χ2n) is 7.71. The number of hydrogen-bond donors (Lipinski definition) is 1.